The largest absolute Gasteiger partial charge is 0.388 e. The minimum Gasteiger partial charge on any atom is -0.388 e. The number of β-amino-alcohol motifs (C(OH)–C–C–N with tert-alkyl or cyclic N) is 1. The molecule has 0 aromatic heterocycles. The molecule has 2 N–H and O–H groups in total. The Morgan fingerprint density at radius 2 is 1.88 bits per heavy atom. The van der Waals surface area contributed by atoms with Gasteiger partial charge in [-0.15, -0.1) is 0 Å². The van der Waals surface area contributed by atoms with Crippen molar-refractivity contribution in [2.75, 3.05) is 20.1 Å². The van der Waals surface area contributed by atoms with Gasteiger partial charge in [0.15, 0.2) is 0 Å². The van der Waals surface area contributed by atoms with Crippen LogP contribution in [0.5, 0.6) is 0 Å². The SMILES string of the molecule is CC1CN(C)CC(O)C1(O)c1ccc(F)cc1. The number of hydrogen-bond donors (Lipinski definition) is 2. The predicted molar refractivity (Wildman–Crippen MR) is 63.0 cm³/mol. The molecule has 1 heterocycles. The van der Waals surface area contributed by atoms with E-state index in [9.17, 15) is 14.6 Å². The molecular weight excluding hydrogens is 221 g/mol. The van der Waals surface area contributed by atoms with Crippen LogP contribution in [0, 0.1) is 11.7 Å². The summed E-state index contributed by atoms with van der Waals surface area (Å²) in [5, 5.41) is 20.8. The minimum atomic E-state index is -1.29. The number of hydrogen-bond acceptors (Lipinski definition) is 3. The number of rotatable bonds is 1. The van der Waals surface area contributed by atoms with E-state index in [0.717, 1.165) is 0 Å². The molecule has 1 aliphatic rings. The molecule has 1 aromatic carbocycles. The zero-order valence-electron chi connectivity index (χ0n) is 10.1. The number of halogens is 1. The molecule has 3 unspecified atom stereocenters. The monoisotopic (exact) mass is 239 g/mol. The Labute approximate surface area is 100 Å². The molecule has 1 saturated heterocycles. The summed E-state index contributed by atoms with van der Waals surface area (Å²) < 4.78 is 12.9. The van der Waals surface area contributed by atoms with Gasteiger partial charge in [-0.25, -0.2) is 4.39 Å². The second kappa shape index (κ2) is 4.37. The molecule has 1 fully saturated rings. The van der Waals surface area contributed by atoms with Crippen LogP contribution >= 0.6 is 0 Å². The number of piperidine rings is 1. The van der Waals surface area contributed by atoms with Gasteiger partial charge in [0.1, 0.15) is 11.4 Å². The van der Waals surface area contributed by atoms with Gasteiger partial charge in [-0.05, 0) is 24.7 Å². The van der Waals surface area contributed by atoms with Crippen molar-refractivity contribution in [1.82, 2.24) is 4.90 Å². The Hall–Kier alpha value is -0.970. The predicted octanol–water partition coefficient (Wildman–Crippen LogP) is 0.956. The van der Waals surface area contributed by atoms with Crippen LogP contribution in [0.4, 0.5) is 4.39 Å². The normalized spacial score (nSPS) is 34.9. The lowest BCUT2D eigenvalue weighted by Gasteiger charge is -2.45. The van der Waals surface area contributed by atoms with Crippen molar-refractivity contribution >= 4 is 0 Å². The van der Waals surface area contributed by atoms with E-state index in [2.05, 4.69) is 0 Å². The van der Waals surface area contributed by atoms with E-state index in [4.69, 9.17) is 0 Å². The molecule has 3 nitrogen and oxygen atoms in total. The first kappa shape index (κ1) is 12.5. The number of aliphatic hydroxyl groups is 2. The van der Waals surface area contributed by atoms with Crippen LogP contribution in [-0.2, 0) is 5.60 Å². The van der Waals surface area contributed by atoms with Crippen molar-refractivity contribution in [2.24, 2.45) is 5.92 Å². The van der Waals surface area contributed by atoms with Gasteiger partial charge < -0.3 is 15.1 Å². The summed E-state index contributed by atoms with van der Waals surface area (Å²) in [4.78, 5) is 1.98. The Morgan fingerprint density at radius 3 is 2.41 bits per heavy atom. The van der Waals surface area contributed by atoms with E-state index >= 15 is 0 Å². The third-order valence-electron chi connectivity index (χ3n) is 3.64. The maximum atomic E-state index is 12.9. The van der Waals surface area contributed by atoms with E-state index in [0.29, 0.717) is 18.7 Å². The Bertz CT molecular complexity index is 381. The quantitative estimate of drug-likeness (QED) is 0.767. The van der Waals surface area contributed by atoms with Crippen molar-refractivity contribution in [3.63, 3.8) is 0 Å². The van der Waals surface area contributed by atoms with E-state index in [1.165, 1.54) is 12.1 Å². The average Bonchev–Trinajstić information content (AvgIpc) is 2.26. The highest BCUT2D eigenvalue weighted by molar-refractivity contribution is 5.26. The lowest BCUT2D eigenvalue weighted by atomic mass is 9.75. The lowest BCUT2D eigenvalue weighted by Crippen LogP contribution is -2.57. The molecule has 17 heavy (non-hydrogen) atoms. The summed E-state index contributed by atoms with van der Waals surface area (Å²) in [6.07, 6.45) is -0.860. The van der Waals surface area contributed by atoms with Crippen LogP contribution in [0.2, 0.25) is 0 Å². The van der Waals surface area contributed by atoms with Crippen LogP contribution in [0.3, 0.4) is 0 Å². The third-order valence-corrected chi connectivity index (χ3v) is 3.64. The Morgan fingerprint density at radius 1 is 1.29 bits per heavy atom. The maximum absolute atomic E-state index is 12.9. The minimum absolute atomic E-state index is 0.110. The van der Waals surface area contributed by atoms with E-state index in [1.54, 1.807) is 12.1 Å². The molecule has 0 amide bonds. The van der Waals surface area contributed by atoms with Crippen molar-refractivity contribution < 1.29 is 14.6 Å². The second-order valence-electron chi connectivity index (χ2n) is 4.97. The van der Waals surface area contributed by atoms with Gasteiger partial charge in [0, 0.05) is 19.0 Å². The van der Waals surface area contributed by atoms with Crippen molar-refractivity contribution in [1.29, 1.82) is 0 Å². The summed E-state index contributed by atoms with van der Waals surface area (Å²) in [5.41, 5.74) is -0.716. The molecule has 1 aromatic rings. The number of nitrogens with zero attached hydrogens (tertiary/aromatic N) is 1. The molecule has 0 saturated carbocycles. The standard InChI is InChI=1S/C13H18FNO2/c1-9-7-15(2)8-12(16)13(9,17)10-3-5-11(14)6-4-10/h3-6,9,12,16-17H,7-8H2,1-2H3. The van der Waals surface area contributed by atoms with E-state index in [-0.39, 0.29) is 11.7 Å². The summed E-state index contributed by atoms with van der Waals surface area (Å²) in [6, 6.07) is 5.71. The summed E-state index contributed by atoms with van der Waals surface area (Å²) >= 11 is 0. The van der Waals surface area contributed by atoms with Crippen LogP contribution in [0.15, 0.2) is 24.3 Å². The molecule has 1 aliphatic heterocycles. The van der Waals surface area contributed by atoms with Gasteiger partial charge in [0.25, 0.3) is 0 Å². The smallest absolute Gasteiger partial charge is 0.123 e. The van der Waals surface area contributed by atoms with Crippen LogP contribution in [0.25, 0.3) is 0 Å². The fourth-order valence-electron chi connectivity index (χ4n) is 2.64. The Balaban J connectivity index is 2.36. The number of likely N-dealkylation sites (tertiary alicyclic amines) is 1. The molecule has 0 bridgehead atoms. The highest BCUT2D eigenvalue weighted by atomic mass is 19.1. The van der Waals surface area contributed by atoms with Gasteiger partial charge >= 0.3 is 0 Å². The second-order valence-corrected chi connectivity index (χ2v) is 4.97. The zero-order valence-corrected chi connectivity index (χ0v) is 10.1. The van der Waals surface area contributed by atoms with Crippen LogP contribution in [0.1, 0.15) is 12.5 Å². The molecule has 94 valence electrons. The van der Waals surface area contributed by atoms with Gasteiger partial charge in [-0.2, -0.15) is 0 Å². The molecule has 4 heteroatoms. The topological polar surface area (TPSA) is 43.7 Å². The van der Waals surface area contributed by atoms with E-state index < -0.39 is 11.7 Å². The van der Waals surface area contributed by atoms with Crippen LogP contribution in [-0.4, -0.2) is 41.4 Å². The molecule has 0 radical (unpaired) electrons. The molecular formula is C13H18FNO2. The number of likely N-dealkylation sites (N-methyl/N-ethyl adjacent to an activating group) is 1. The maximum Gasteiger partial charge on any atom is 0.123 e. The van der Waals surface area contributed by atoms with Crippen LogP contribution < -0.4 is 0 Å². The summed E-state index contributed by atoms with van der Waals surface area (Å²) in [6.45, 7) is 3.01. The van der Waals surface area contributed by atoms with Crippen molar-refractivity contribution in [3.05, 3.63) is 35.6 Å². The fourth-order valence-corrected chi connectivity index (χ4v) is 2.64. The summed E-state index contributed by atoms with van der Waals surface area (Å²) in [5.74, 6) is -0.450. The highest BCUT2D eigenvalue weighted by Gasteiger charge is 2.46. The zero-order chi connectivity index (χ0) is 12.6. The molecule has 2 rings (SSSR count). The fraction of sp³-hybridized carbons (Fsp3) is 0.538. The molecule has 0 aliphatic carbocycles. The first-order chi connectivity index (χ1) is 7.94. The van der Waals surface area contributed by atoms with Crippen molar-refractivity contribution in [3.8, 4) is 0 Å². The van der Waals surface area contributed by atoms with E-state index in [1.807, 2.05) is 18.9 Å². The third kappa shape index (κ3) is 2.08. The lowest BCUT2D eigenvalue weighted by molar-refractivity contribution is -0.153. The van der Waals surface area contributed by atoms with Gasteiger partial charge in [-0.3, -0.25) is 0 Å². The molecule has 0 spiro atoms. The van der Waals surface area contributed by atoms with Gasteiger partial charge in [0.05, 0.1) is 6.10 Å². The van der Waals surface area contributed by atoms with Gasteiger partial charge in [-0.1, -0.05) is 19.1 Å². The molecule has 3 atom stereocenters. The Kier molecular flexibility index (Phi) is 3.21. The van der Waals surface area contributed by atoms with Crippen molar-refractivity contribution in [2.45, 2.75) is 18.6 Å². The number of aliphatic hydroxyl groups excluding tert-OH is 1. The highest BCUT2D eigenvalue weighted by Crippen LogP contribution is 2.37. The number of benzene rings is 1. The summed E-state index contributed by atoms with van der Waals surface area (Å²) in [7, 11) is 1.91. The van der Waals surface area contributed by atoms with Gasteiger partial charge in [0.2, 0.25) is 0 Å². The average molecular weight is 239 g/mol. The first-order valence-electron chi connectivity index (χ1n) is 5.79. The first-order valence-corrected chi connectivity index (χ1v) is 5.79.